The minimum Gasteiger partial charge on any atom is -0.477 e. The zero-order chi connectivity index (χ0) is 19.7. The van der Waals surface area contributed by atoms with Crippen LogP contribution in [0.25, 0.3) is 22.3 Å². The van der Waals surface area contributed by atoms with E-state index in [0.29, 0.717) is 19.0 Å². The molecule has 1 N–H and O–H groups in total. The van der Waals surface area contributed by atoms with E-state index < -0.39 is 0 Å². The van der Waals surface area contributed by atoms with Gasteiger partial charge in [-0.25, -0.2) is 9.97 Å². The SMILES string of the molecule is CCOc1ncccc1-c1cc(NCc2cnn(C)c2)c2c(n1)c(C)nn2C. The minimum absolute atomic E-state index is 0.546. The summed E-state index contributed by atoms with van der Waals surface area (Å²) in [6.45, 7) is 5.12. The Labute approximate surface area is 163 Å². The number of aromatic nitrogens is 6. The van der Waals surface area contributed by atoms with Crippen molar-refractivity contribution in [1.82, 2.24) is 29.5 Å². The van der Waals surface area contributed by atoms with Crippen molar-refractivity contribution in [3.63, 3.8) is 0 Å². The van der Waals surface area contributed by atoms with Crippen molar-refractivity contribution >= 4 is 16.7 Å². The van der Waals surface area contributed by atoms with Gasteiger partial charge in [-0.1, -0.05) is 0 Å². The maximum absolute atomic E-state index is 5.71. The molecule has 0 aliphatic rings. The molecular formula is C20H23N7O. The summed E-state index contributed by atoms with van der Waals surface area (Å²) >= 11 is 0. The summed E-state index contributed by atoms with van der Waals surface area (Å²) in [7, 11) is 3.84. The number of nitrogens with one attached hydrogen (secondary N) is 1. The molecule has 8 heteroatoms. The first-order chi connectivity index (χ1) is 13.6. The van der Waals surface area contributed by atoms with Gasteiger partial charge in [-0.3, -0.25) is 9.36 Å². The Morgan fingerprint density at radius 3 is 2.86 bits per heavy atom. The summed E-state index contributed by atoms with van der Waals surface area (Å²) in [5.74, 6) is 0.580. The van der Waals surface area contributed by atoms with Crippen LogP contribution in [0.2, 0.25) is 0 Å². The van der Waals surface area contributed by atoms with Crippen LogP contribution in [0, 0.1) is 6.92 Å². The molecule has 0 bridgehead atoms. The zero-order valence-corrected chi connectivity index (χ0v) is 16.5. The first-order valence-electron chi connectivity index (χ1n) is 9.20. The fourth-order valence-electron chi connectivity index (χ4n) is 3.31. The van der Waals surface area contributed by atoms with Gasteiger partial charge in [0.2, 0.25) is 5.88 Å². The lowest BCUT2D eigenvalue weighted by atomic mass is 10.1. The van der Waals surface area contributed by atoms with E-state index in [2.05, 4.69) is 20.5 Å². The fraction of sp³-hybridized carbons (Fsp3) is 0.300. The monoisotopic (exact) mass is 377 g/mol. The van der Waals surface area contributed by atoms with Crippen LogP contribution in [0.4, 0.5) is 5.69 Å². The standard InChI is InChI=1S/C20H23N7O/c1-5-28-20-15(7-6-8-21-20)16-9-17(22-10-14-11-23-26(3)12-14)19-18(24-16)13(2)25-27(19)4/h6-9,11-12H,5,10H2,1-4H3,(H,22,24). The van der Waals surface area contributed by atoms with Gasteiger partial charge in [0, 0.05) is 38.6 Å². The van der Waals surface area contributed by atoms with E-state index >= 15 is 0 Å². The van der Waals surface area contributed by atoms with Crippen molar-refractivity contribution in [2.45, 2.75) is 20.4 Å². The Balaban J connectivity index is 1.81. The number of aryl methyl sites for hydroxylation is 3. The van der Waals surface area contributed by atoms with E-state index in [4.69, 9.17) is 9.72 Å². The van der Waals surface area contributed by atoms with Crippen molar-refractivity contribution in [2.24, 2.45) is 14.1 Å². The van der Waals surface area contributed by atoms with Gasteiger partial charge in [-0.2, -0.15) is 10.2 Å². The number of fused-ring (bicyclic) bond motifs is 1. The normalized spacial score (nSPS) is 11.1. The minimum atomic E-state index is 0.546. The third kappa shape index (κ3) is 3.28. The molecule has 8 nitrogen and oxygen atoms in total. The third-order valence-electron chi connectivity index (χ3n) is 4.53. The second-order valence-corrected chi connectivity index (χ2v) is 6.63. The molecule has 0 saturated carbocycles. The van der Waals surface area contributed by atoms with E-state index in [1.807, 2.05) is 63.2 Å². The van der Waals surface area contributed by atoms with E-state index in [1.165, 1.54) is 0 Å². The number of nitrogens with zero attached hydrogens (tertiary/aromatic N) is 6. The average molecular weight is 377 g/mol. The van der Waals surface area contributed by atoms with Crippen LogP contribution in [-0.4, -0.2) is 36.1 Å². The second-order valence-electron chi connectivity index (χ2n) is 6.63. The first-order valence-corrected chi connectivity index (χ1v) is 9.20. The highest BCUT2D eigenvalue weighted by Crippen LogP contribution is 2.33. The highest BCUT2D eigenvalue weighted by atomic mass is 16.5. The van der Waals surface area contributed by atoms with Gasteiger partial charge < -0.3 is 10.1 Å². The summed E-state index contributed by atoms with van der Waals surface area (Å²) in [5, 5.41) is 12.3. The number of hydrogen-bond acceptors (Lipinski definition) is 6. The zero-order valence-electron chi connectivity index (χ0n) is 16.5. The van der Waals surface area contributed by atoms with E-state index in [9.17, 15) is 0 Å². The molecule has 0 unspecified atom stereocenters. The van der Waals surface area contributed by atoms with E-state index in [1.54, 1.807) is 10.9 Å². The summed E-state index contributed by atoms with van der Waals surface area (Å²) < 4.78 is 9.36. The molecule has 0 aromatic carbocycles. The highest BCUT2D eigenvalue weighted by Gasteiger charge is 2.17. The van der Waals surface area contributed by atoms with Gasteiger partial charge in [0.05, 0.1) is 35.4 Å². The molecule has 0 aliphatic carbocycles. The molecule has 4 rings (SSSR count). The Hall–Kier alpha value is -3.42. The largest absolute Gasteiger partial charge is 0.477 e. The number of rotatable bonds is 6. The van der Waals surface area contributed by atoms with Crippen LogP contribution >= 0.6 is 0 Å². The van der Waals surface area contributed by atoms with Crippen LogP contribution in [0.1, 0.15) is 18.2 Å². The Bertz CT molecular complexity index is 1130. The predicted octanol–water partition coefficient (Wildman–Crippen LogP) is 3.08. The van der Waals surface area contributed by atoms with Crippen LogP contribution in [0.3, 0.4) is 0 Å². The van der Waals surface area contributed by atoms with Crippen LogP contribution in [-0.2, 0) is 20.6 Å². The molecule has 4 aromatic rings. The van der Waals surface area contributed by atoms with Crippen molar-refractivity contribution in [3.05, 3.63) is 48.0 Å². The summed E-state index contributed by atoms with van der Waals surface area (Å²) in [6.07, 6.45) is 5.58. The highest BCUT2D eigenvalue weighted by molar-refractivity contribution is 5.92. The van der Waals surface area contributed by atoms with Crippen molar-refractivity contribution in [2.75, 3.05) is 11.9 Å². The van der Waals surface area contributed by atoms with Gasteiger partial charge in [-0.15, -0.1) is 0 Å². The number of hydrogen-bond donors (Lipinski definition) is 1. The maximum Gasteiger partial charge on any atom is 0.222 e. The molecule has 4 heterocycles. The van der Waals surface area contributed by atoms with Crippen molar-refractivity contribution in [1.29, 1.82) is 0 Å². The molecule has 0 aliphatic heterocycles. The lowest BCUT2D eigenvalue weighted by molar-refractivity contribution is 0.328. The van der Waals surface area contributed by atoms with E-state index in [0.717, 1.165) is 39.2 Å². The molecule has 0 spiro atoms. The Kier molecular flexibility index (Phi) is 4.68. The smallest absolute Gasteiger partial charge is 0.222 e. The first kappa shape index (κ1) is 18.0. The molecule has 0 saturated heterocycles. The van der Waals surface area contributed by atoms with Crippen molar-refractivity contribution < 1.29 is 4.74 Å². The Morgan fingerprint density at radius 2 is 2.11 bits per heavy atom. The summed E-state index contributed by atoms with van der Waals surface area (Å²) in [5.41, 5.74) is 6.42. The molecule has 144 valence electrons. The predicted molar refractivity (Wildman–Crippen MR) is 108 cm³/mol. The van der Waals surface area contributed by atoms with Crippen LogP contribution < -0.4 is 10.1 Å². The lowest BCUT2D eigenvalue weighted by Gasteiger charge is -2.12. The quantitative estimate of drug-likeness (QED) is 0.556. The molecule has 0 amide bonds. The maximum atomic E-state index is 5.71. The van der Waals surface area contributed by atoms with Gasteiger partial charge >= 0.3 is 0 Å². The van der Waals surface area contributed by atoms with Gasteiger partial charge in [0.15, 0.2) is 0 Å². The third-order valence-corrected chi connectivity index (χ3v) is 4.53. The second kappa shape index (κ2) is 7.30. The summed E-state index contributed by atoms with van der Waals surface area (Å²) in [4.78, 5) is 9.23. The lowest BCUT2D eigenvalue weighted by Crippen LogP contribution is -2.03. The van der Waals surface area contributed by atoms with Gasteiger partial charge in [0.25, 0.3) is 0 Å². The molecule has 0 atom stereocenters. The van der Waals surface area contributed by atoms with Crippen LogP contribution in [0.5, 0.6) is 5.88 Å². The molecule has 4 aromatic heterocycles. The fourth-order valence-corrected chi connectivity index (χ4v) is 3.31. The Morgan fingerprint density at radius 1 is 1.25 bits per heavy atom. The number of anilines is 1. The number of ether oxygens (including phenoxy) is 1. The topological polar surface area (TPSA) is 82.7 Å². The van der Waals surface area contributed by atoms with Crippen molar-refractivity contribution in [3.8, 4) is 17.1 Å². The molecule has 0 radical (unpaired) electrons. The van der Waals surface area contributed by atoms with Crippen LogP contribution in [0.15, 0.2) is 36.8 Å². The van der Waals surface area contributed by atoms with E-state index in [-0.39, 0.29) is 0 Å². The van der Waals surface area contributed by atoms with Gasteiger partial charge in [0.1, 0.15) is 11.0 Å². The molecular weight excluding hydrogens is 354 g/mol. The average Bonchev–Trinajstić information content (AvgIpc) is 3.23. The van der Waals surface area contributed by atoms with Gasteiger partial charge in [-0.05, 0) is 32.0 Å². The number of pyridine rings is 2. The molecule has 0 fully saturated rings. The summed E-state index contributed by atoms with van der Waals surface area (Å²) in [6, 6.07) is 5.89. The molecule has 28 heavy (non-hydrogen) atoms.